The van der Waals surface area contributed by atoms with Crippen molar-refractivity contribution in [3.05, 3.63) is 56.0 Å². The van der Waals surface area contributed by atoms with E-state index in [1.165, 1.54) is 24.5 Å². The molecule has 13 heteroatoms. The standard InChI is InChI=1S/C10H12Cl2N2O2.C6H2Cl3NO.C4H11NO/c1-2-7(15)5-14-10(16)6-3-8(11)9(12)13-4-6;7-4-1-3(6(9)11)2-10-5(4)8;1-2-4(6)3-5/h3-4,7,15H,2,5H2,1H3,(H,14,16);1-2H;4,6H,2-3,5H2,1H3. The van der Waals surface area contributed by atoms with Crippen molar-refractivity contribution in [2.45, 2.75) is 38.9 Å². The second kappa shape index (κ2) is 17.2. The molecule has 0 radical (unpaired) electrons. The van der Waals surface area contributed by atoms with Crippen LogP contribution in [0, 0.1) is 0 Å². The van der Waals surface area contributed by atoms with Gasteiger partial charge in [-0.3, -0.25) is 9.59 Å². The van der Waals surface area contributed by atoms with Crippen LogP contribution in [0.2, 0.25) is 20.4 Å². The van der Waals surface area contributed by atoms with E-state index in [2.05, 4.69) is 15.3 Å². The first kappa shape index (κ1) is 31.8. The summed E-state index contributed by atoms with van der Waals surface area (Å²) in [5.41, 5.74) is 5.59. The molecule has 2 atom stereocenters. The van der Waals surface area contributed by atoms with Crippen molar-refractivity contribution in [3.8, 4) is 0 Å². The Morgan fingerprint density at radius 3 is 1.76 bits per heavy atom. The van der Waals surface area contributed by atoms with Gasteiger partial charge in [-0.1, -0.05) is 60.3 Å². The average molecular weight is 563 g/mol. The number of aliphatic hydroxyl groups is 2. The Bertz CT molecular complexity index is 901. The summed E-state index contributed by atoms with van der Waals surface area (Å²) in [5, 5.41) is 20.5. The maximum Gasteiger partial charge on any atom is 0.253 e. The highest BCUT2D eigenvalue weighted by Gasteiger charge is 2.10. The van der Waals surface area contributed by atoms with E-state index in [4.69, 9.17) is 68.8 Å². The molecule has 0 bridgehead atoms. The smallest absolute Gasteiger partial charge is 0.253 e. The van der Waals surface area contributed by atoms with Crippen LogP contribution in [-0.4, -0.2) is 56.6 Å². The molecule has 1 amide bonds. The molecule has 33 heavy (non-hydrogen) atoms. The molecular weight excluding hydrogens is 538 g/mol. The van der Waals surface area contributed by atoms with Gasteiger partial charge in [0.05, 0.1) is 33.4 Å². The number of aliphatic hydroxyl groups excluding tert-OH is 2. The Morgan fingerprint density at radius 1 is 0.939 bits per heavy atom. The third kappa shape index (κ3) is 13.3. The summed E-state index contributed by atoms with van der Waals surface area (Å²) < 4.78 is 0. The van der Waals surface area contributed by atoms with Crippen molar-refractivity contribution in [2.75, 3.05) is 13.1 Å². The Kier molecular flexibility index (Phi) is 16.6. The minimum Gasteiger partial charge on any atom is -0.392 e. The zero-order valence-corrected chi connectivity index (χ0v) is 21.6. The van der Waals surface area contributed by atoms with E-state index in [0.717, 1.165) is 6.42 Å². The minimum atomic E-state index is -0.601. The first-order valence-electron chi connectivity index (χ1n) is 9.62. The first-order chi connectivity index (χ1) is 15.5. The summed E-state index contributed by atoms with van der Waals surface area (Å²) in [4.78, 5) is 29.5. The first-order valence-corrected chi connectivity index (χ1v) is 11.5. The van der Waals surface area contributed by atoms with E-state index in [0.29, 0.717) is 18.5 Å². The number of amides is 1. The lowest BCUT2D eigenvalue weighted by Gasteiger charge is -2.09. The quantitative estimate of drug-likeness (QED) is 0.290. The van der Waals surface area contributed by atoms with Gasteiger partial charge in [-0.15, -0.1) is 0 Å². The Morgan fingerprint density at radius 2 is 1.39 bits per heavy atom. The van der Waals surface area contributed by atoms with Gasteiger partial charge in [-0.2, -0.15) is 0 Å². The van der Waals surface area contributed by atoms with Gasteiger partial charge in [0.1, 0.15) is 10.3 Å². The van der Waals surface area contributed by atoms with Crippen LogP contribution in [-0.2, 0) is 0 Å². The lowest BCUT2D eigenvalue weighted by molar-refractivity contribution is 0.0913. The largest absolute Gasteiger partial charge is 0.392 e. The molecule has 2 heterocycles. The maximum absolute atomic E-state index is 11.6. The number of rotatable bonds is 7. The molecule has 0 aromatic carbocycles. The average Bonchev–Trinajstić information content (AvgIpc) is 2.80. The molecule has 2 rings (SSSR count). The molecule has 0 aliphatic rings. The van der Waals surface area contributed by atoms with Gasteiger partial charge < -0.3 is 21.3 Å². The van der Waals surface area contributed by atoms with Gasteiger partial charge in [-0.25, -0.2) is 9.97 Å². The number of carbonyl (C=O) groups is 2. The van der Waals surface area contributed by atoms with Gasteiger partial charge in [0.2, 0.25) is 0 Å². The number of pyridine rings is 2. The second-order valence-electron chi connectivity index (χ2n) is 6.34. The third-order valence-electron chi connectivity index (χ3n) is 3.79. The van der Waals surface area contributed by atoms with Crippen molar-refractivity contribution in [1.29, 1.82) is 0 Å². The van der Waals surface area contributed by atoms with E-state index in [9.17, 15) is 14.7 Å². The topological polar surface area (TPSA) is 138 Å². The normalized spacial score (nSPS) is 11.8. The molecule has 0 fully saturated rings. The van der Waals surface area contributed by atoms with Crippen molar-refractivity contribution in [2.24, 2.45) is 5.73 Å². The second-order valence-corrected chi connectivity index (χ2v) is 8.21. The highest BCUT2D eigenvalue weighted by molar-refractivity contribution is 6.67. The fourth-order valence-electron chi connectivity index (χ4n) is 1.70. The molecule has 0 spiro atoms. The summed E-state index contributed by atoms with van der Waals surface area (Å²) in [5.74, 6) is -0.335. The summed E-state index contributed by atoms with van der Waals surface area (Å²) in [7, 11) is 0. The molecule has 2 aromatic heterocycles. The molecular formula is C20H25Cl5N4O4. The fourth-order valence-corrected chi connectivity index (χ4v) is 2.34. The van der Waals surface area contributed by atoms with Crippen LogP contribution in [0.15, 0.2) is 24.5 Å². The van der Waals surface area contributed by atoms with Crippen LogP contribution in [0.25, 0.3) is 0 Å². The number of halogens is 5. The Labute approximate surface area is 217 Å². The number of nitrogens with one attached hydrogen (secondary N) is 1. The SMILES string of the molecule is CCC(O)CN.CCC(O)CNC(=O)c1cnc(Cl)c(Cl)c1.O=C(Cl)c1cnc(Cl)c(Cl)c1. The zero-order chi connectivity index (χ0) is 25.6. The summed E-state index contributed by atoms with van der Waals surface area (Å²) in [6.07, 6.45) is 3.12. The van der Waals surface area contributed by atoms with E-state index in [1.54, 1.807) is 0 Å². The summed E-state index contributed by atoms with van der Waals surface area (Å²) >= 11 is 27.5. The molecule has 0 saturated heterocycles. The molecule has 184 valence electrons. The minimum absolute atomic E-state index is 0.159. The lowest BCUT2D eigenvalue weighted by atomic mass is 10.2. The Balaban J connectivity index is 0.000000520. The molecule has 5 N–H and O–H groups in total. The van der Waals surface area contributed by atoms with Crippen LogP contribution in [0.3, 0.4) is 0 Å². The van der Waals surface area contributed by atoms with Gasteiger partial charge in [-0.05, 0) is 36.6 Å². The maximum atomic E-state index is 11.6. The van der Waals surface area contributed by atoms with Gasteiger partial charge in [0.15, 0.2) is 0 Å². The number of aromatic nitrogens is 2. The Hall–Kier alpha value is -1.23. The molecule has 2 unspecified atom stereocenters. The fraction of sp³-hybridized carbons (Fsp3) is 0.400. The highest BCUT2D eigenvalue weighted by Crippen LogP contribution is 2.20. The molecule has 0 aliphatic carbocycles. The van der Waals surface area contributed by atoms with Gasteiger partial charge >= 0.3 is 0 Å². The van der Waals surface area contributed by atoms with Crippen LogP contribution in [0.5, 0.6) is 0 Å². The predicted octanol–water partition coefficient (Wildman–Crippen LogP) is 4.37. The monoisotopic (exact) mass is 560 g/mol. The van der Waals surface area contributed by atoms with Gasteiger partial charge in [0, 0.05) is 25.5 Å². The molecule has 0 aliphatic heterocycles. The van der Waals surface area contributed by atoms with E-state index >= 15 is 0 Å². The molecule has 0 saturated carbocycles. The van der Waals surface area contributed by atoms with Crippen molar-refractivity contribution < 1.29 is 19.8 Å². The molecule has 2 aromatic rings. The number of carbonyl (C=O) groups excluding carboxylic acids is 2. The van der Waals surface area contributed by atoms with E-state index < -0.39 is 11.3 Å². The number of nitrogens with two attached hydrogens (primary N) is 1. The lowest BCUT2D eigenvalue weighted by Crippen LogP contribution is -2.31. The van der Waals surface area contributed by atoms with Gasteiger partial charge in [0.25, 0.3) is 11.1 Å². The van der Waals surface area contributed by atoms with Crippen LogP contribution in [0.4, 0.5) is 0 Å². The van der Waals surface area contributed by atoms with E-state index in [-0.39, 0.29) is 44.5 Å². The van der Waals surface area contributed by atoms with Crippen molar-refractivity contribution in [1.82, 2.24) is 15.3 Å². The summed E-state index contributed by atoms with van der Waals surface area (Å²) in [6.45, 7) is 4.32. The number of hydrogen-bond acceptors (Lipinski definition) is 7. The number of nitrogens with zero attached hydrogens (tertiary/aromatic N) is 2. The van der Waals surface area contributed by atoms with Crippen molar-refractivity contribution in [3.63, 3.8) is 0 Å². The third-order valence-corrected chi connectivity index (χ3v) is 5.38. The van der Waals surface area contributed by atoms with Crippen LogP contribution in [0.1, 0.15) is 47.4 Å². The van der Waals surface area contributed by atoms with E-state index in [1.807, 2.05) is 13.8 Å². The zero-order valence-electron chi connectivity index (χ0n) is 17.9. The van der Waals surface area contributed by atoms with Crippen molar-refractivity contribution >= 4 is 69.2 Å². The highest BCUT2D eigenvalue weighted by atomic mass is 35.5. The van der Waals surface area contributed by atoms with Crippen LogP contribution < -0.4 is 11.1 Å². The number of hydrogen-bond donors (Lipinski definition) is 4. The predicted molar refractivity (Wildman–Crippen MR) is 133 cm³/mol. The summed E-state index contributed by atoms with van der Waals surface area (Å²) in [6, 6.07) is 2.80. The molecule has 8 nitrogen and oxygen atoms in total. The van der Waals surface area contributed by atoms with Crippen LogP contribution >= 0.6 is 58.0 Å².